The molecule has 0 aliphatic carbocycles. The Bertz CT molecular complexity index is 533. The van der Waals surface area contributed by atoms with Gasteiger partial charge in [0.15, 0.2) is 0 Å². The summed E-state index contributed by atoms with van der Waals surface area (Å²) in [4.78, 5) is 33.3. The van der Waals surface area contributed by atoms with E-state index in [1.54, 1.807) is 24.3 Å². The molecule has 0 aliphatic rings. The molecule has 0 aliphatic heterocycles. The average Bonchev–Trinajstić information content (AvgIpc) is 2.38. The molecule has 0 unspecified atom stereocenters. The molecule has 5 nitrogen and oxygen atoms in total. The molecular formula is C14H13ClO5. The van der Waals surface area contributed by atoms with Gasteiger partial charge >= 0.3 is 17.9 Å². The molecule has 0 saturated heterocycles. The Kier molecular flexibility index (Phi) is 5.93. The van der Waals surface area contributed by atoms with E-state index in [1.807, 2.05) is 0 Å². The number of hydrogen-bond acceptors (Lipinski definition) is 4. The molecule has 106 valence electrons. The minimum absolute atomic E-state index is 0.0528. The highest BCUT2D eigenvalue weighted by Gasteiger charge is 2.13. The van der Waals surface area contributed by atoms with Crippen LogP contribution in [0.15, 0.2) is 36.4 Å². The van der Waals surface area contributed by atoms with Crippen LogP contribution in [0.2, 0.25) is 5.02 Å². The van der Waals surface area contributed by atoms with Crippen LogP contribution >= 0.6 is 11.6 Å². The normalized spacial score (nSPS) is 9.85. The van der Waals surface area contributed by atoms with E-state index < -0.39 is 17.9 Å². The maximum atomic E-state index is 11.5. The predicted molar refractivity (Wildman–Crippen MR) is 72.3 cm³/mol. The minimum Gasteiger partial charge on any atom is -0.478 e. The first-order chi connectivity index (χ1) is 9.38. The topological polar surface area (TPSA) is 80.7 Å². The lowest BCUT2D eigenvalue weighted by Gasteiger charge is -2.03. The molecule has 0 heterocycles. The standard InChI is InChI=1S/C14H13ClO5/c1-9(14(18)19)2-7-12(16)20-13(17)8-10-3-5-11(15)6-4-10/h3-6H,1-2,7-8H2,(H,18,19). The summed E-state index contributed by atoms with van der Waals surface area (Å²) in [6, 6.07) is 6.56. The van der Waals surface area contributed by atoms with E-state index in [0.29, 0.717) is 10.6 Å². The lowest BCUT2D eigenvalue weighted by atomic mass is 10.1. The third-order valence-electron chi connectivity index (χ3n) is 2.42. The van der Waals surface area contributed by atoms with Gasteiger partial charge < -0.3 is 9.84 Å². The number of rotatable bonds is 6. The van der Waals surface area contributed by atoms with Gasteiger partial charge in [-0.1, -0.05) is 30.3 Å². The van der Waals surface area contributed by atoms with Crippen LogP contribution in [0.1, 0.15) is 18.4 Å². The largest absolute Gasteiger partial charge is 0.478 e. The Balaban J connectivity index is 2.38. The summed E-state index contributed by atoms with van der Waals surface area (Å²) in [5.41, 5.74) is 0.564. The molecule has 6 heteroatoms. The summed E-state index contributed by atoms with van der Waals surface area (Å²) >= 11 is 5.70. The van der Waals surface area contributed by atoms with Crippen LogP contribution in [0.4, 0.5) is 0 Å². The Labute approximate surface area is 120 Å². The average molecular weight is 297 g/mol. The summed E-state index contributed by atoms with van der Waals surface area (Å²) in [7, 11) is 0. The smallest absolute Gasteiger partial charge is 0.330 e. The van der Waals surface area contributed by atoms with Crippen LogP contribution in [-0.4, -0.2) is 23.0 Å². The zero-order valence-corrected chi connectivity index (χ0v) is 11.4. The first-order valence-corrected chi connectivity index (χ1v) is 6.15. The number of hydrogen-bond donors (Lipinski definition) is 1. The van der Waals surface area contributed by atoms with E-state index in [2.05, 4.69) is 11.3 Å². The molecule has 0 aromatic heterocycles. The molecule has 1 aromatic rings. The second-order valence-corrected chi connectivity index (χ2v) is 4.49. The zero-order chi connectivity index (χ0) is 15.1. The number of halogens is 1. The third kappa shape index (κ3) is 5.67. The molecule has 1 aromatic carbocycles. The van der Waals surface area contributed by atoms with Crippen LogP contribution in [0.25, 0.3) is 0 Å². The second kappa shape index (κ2) is 7.45. The third-order valence-corrected chi connectivity index (χ3v) is 2.67. The van der Waals surface area contributed by atoms with Gasteiger partial charge in [0.1, 0.15) is 0 Å². The zero-order valence-electron chi connectivity index (χ0n) is 10.6. The van der Waals surface area contributed by atoms with Crippen LogP contribution in [0, 0.1) is 0 Å². The first kappa shape index (κ1) is 15.9. The van der Waals surface area contributed by atoms with Crippen molar-refractivity contribution in [2.45, 2.75) is 19.3 Å². The molecule has 0 bridgehead atoms. The van der Waals surface area contributed by atoms with Gasteiger partial charge in [-0.25, -0.2) is 4.79 Å². The molecule has 0 atom stereocenters. The maximum Gasteiger partial charge on any atom is 0.330 e. The number of carboxylic acid groups (broad SMARTS) is 1. The first-order valence-electron chi connectivity index (χ1n) is 5.77. The van der Waals surface area contributed by atoms with Gasteiger partial charge in [0.05, 0.1) is 12.8 Å². The Hall–Kier alpha value is -2.14. The molecular weight excluding hydrogens is 284 g/mol. The number of esters is 2. The number of aliphatic carboxylic acids is 1. The highest BCUT2D eigenvalue weighted by Crippen LogP contribution is 2.11. The van der Waals surface area contributed by atoms with Crippen molar-refractivity contribution in [3.05, 3.63) is 47.0 Å². The molecule has 1 rings (SSSR count). The van der Waals surface area contributed by atoms with Crippen LogP contribution in [0.3, 0.4) is 0 Å². The van der Waals surface area contributed by atoms with Crippen molar-refractivity contribution in [2.75, 3.05) is 0 Å². The molecule has 0 fully saturated rings. The van der Waals surface area contributed by atoms with Gasteiger partial charge in [0.25, 0.3) is 0 Å². The number of ether oxygens (including phenoxy) is 1. The molecule has 0 saturated carbocycles. The van der Waals surface area contributed by atoms with E-state index in [1.165, 1.54) is 0 Å². The van der Waals surface area contributed by atoms with E-state index in [-0.39, 0.29) is 24.8 Å². The monoisotopic (exact) mass is 296 g/mol. The van der Waals surface area contributed by atoms with Crippen molar-refractivity contribution < 1.29 is 24.2 Å². The molecule has 0 spiro atoms. The summed E-state index contributed by atoms with van der Waals surface area (Å²) in [6.45, 7) is 3.28. The van der Waals surface area contributed by atoms with Gasteiger partial charge in [-0.2, -0.15) is 0 Å². The quantitative estimate of drug-likeness (QED) is 0.495. The fourth-order valence-electron chi connectivity index (χ4n) is 1.34. The molecule has 0 amide bonds. The molecule has 1 N–H and O–H groups in total. The summed E-state index contributed by atoms with van der Waals surface area (Å²) in [6.07, 6.45) is -0.303. The fourth-order valence-corrected chi connectivity index (χ4v) is 1.47. The number of carbonyl (C=O) groups excluding carboxylic acids is 2. The van der Waals surface area contributed by atoms with Crippen molar-refractivity contribution in [2.24, 2.45) is 0 Å². The Morgan fingerprint density at radius 2 is 1.70 bits per heavy atom. The van der Waals surface area contributed by atoms with Gasteiger partial charge in [-0.15, -0.1) is 0 Å². The van der Waals surface area contributed by atoms with Crippen LogP contribution < -0.4 is 0 Å². The maximum absolute atomic E-state index is 11.5. The second-order valence-electron chi connectivity index (χ2n) is 4.06. The Morgan fingerprint density at radius 3 is 2.25 bits per heavy atom. The minimum atomic E-state index is -1.18. The van der Waals surface area contributed by atoms with E-state index in [4.69, 9.17) is 16.7 Å². The summed E-state index contributed by atoms with van der Waals surface area (Å²) in [5.74, 6) is -2.64. The van der Waals surface area contributed by atoms with Crippen LogP contribution in [-0.2, 0) is 25.5 Å². The van der Waals surface area contributed by atoms with Gasteiger partial charge in [-0.05, 0) is 24.1 Å². The van der Waals surface area contributed by atoms with Gasteiger partial charge in [0.2, 0.25) is 0 Å². The van der Waals surface area contributed by atoms with Gasteiger partial charge in [0, 0.05) is 10.6 Å². The molecule has 0 radical (unpaired) electrons. The van der Waals surface area contributed by atoms with Crippen molar-refractivity contribution in [1.29, 1.82) is 0 Å². The van der Waals surface area contributed by atoms with Crippen molar-refractivity contribution in [1.82, 2.24) is 0 Å². The van der Waals surface area contributed by atoms with Crippen molar-refractivity contribution >= 4 is 29.5 Å². The van der Waals surface area contributed by atoms with E-state index >= 15 is 0 Å². The fraction of sp³-hybridized carbons (Fsp3) is 0.214. The lowest BCUT2D eigenvalue weighted by molar-refractivity contribution is -0.159. The van der Waals surface area contributed by atoms with Crippen LogP contribution in [0.5, 0.6) is 0 Å². The van der Waals surface area contributed by atoms with Gasteiger partial charge in [-0.3, -0.25) is 9.59 Å². The predicted octanol–water partition coefficient (Wildman–Crippen LogP) is 2.37. The number of carbonyl (C=O) groups is 3. The summed E-state index contributed by atoms with van der Waals surface area (Å²) in [5, 5.41) is 9.11. The van der Waals surface area contributed by atoms with E-state index in [0.717, 1.165) is 0 Å². The highest BCUT2D eigenvalue weighted by atomic mass is 35.5. The number of carboxylic acids is 1. The SMILES string of the molecule is C=C(CCC(=O)OC(=O)Cc1ccc(Cl)cc1)C(=O)O. The number of benzene rings is 1. The molecule has 20 heavy (non-hydrogen) atoms. The summed E-state index contributed by atoms with van der Waals surface area (Å²) < 4.78 is 4.57. The van der Waals surface area contributed by atoms with E-state index in [9.17, 15) is 14.4 Å². The van der Waals surface area contributed by atoms with Crippen molar-refractivity contribution in [3.63, 3.8) is 0 Å². The highest BCUT2D eigenvalue weighted by molar-refractivity contribution is 6.30. The lowest BCUT2D eigenvalue weighted by Crippen LogP contribution is -2.15. The van der Waals surface area contributed by atoms with Crippen molar-refractivity contribution in [3.8, 4) is 0 Å². The Morgan fingerprint density at radius 1 is 1.10 bits per heavy atom.